The Kier molecular flexibility index (Phi) is 2.57. The lowest BCUT2D eigenvalue weighted by Crippen LogP contribution is -2.26. The van der Waals surface area contributed by atoms with Crippen LogP contribution in [0.15, 0.2) is 48.6 Å². The average molecular weight is 201 g/mol. The van der Waals surface area contributed by atoms with Gasteiger partial charge in [-0.2, -0.15) is 0 Å². The summed E-state index contributed by atoms with van der Waals surface area (Å²) in [6, 6.07) is 10.1. The van der Waals surface area contributed by atoms with Gasteiger partial charge in [0.15, 0.2) is 0 Å². The standard InChI is InChI=1S/C12H11NS/c13-11-7-6-10(8-12(11)14)9-4-2-1-3-5-9/h1-8,11H,13H2. The minimum atomic E-state index is -0.0996. The SMILES string of the molecule is NC1C=CC(c2ccccc2)=CC1=S. The number of rotatable bonds is 1. The van der Waals surface area contributed by atoms with Crippen molar-refractivity contribution in [2.24, 2.45) is 5.73 Å². The molecule has 0 saturated heterocycles. The molecule has 0 saturated carbocycles. The predicted molar refractivity (Wildman–Crippen MR) is 64.1 cm³/mol. The van der Waals surface area contributed by atoms with Crippen LogP contribution in [-0.4, -0.2) is 10.9 Å². The highest BCUT2D eigenvalue weighted by Crippen LogP contribution is 2.19. The second-order valence-electron chi connectivity index (χ2n) is 3.25. The molecule has 0 aliphatic heterocycles. The maximum Gasteiger partial charge on any atom is 0.0587 e. The summed E-state index contributed by atoms with van der Waals surface area (Å²) in [5.41, 5.74) is 8.06. The molecule has 0 aromatic heterocycles. The van der Waals surface area contributed by atoms with Gasteiger partial charge in [0.25, 0.3) is 0 Å². The van der Waals surface area contributed by atoms with Gasteiger partial charge in [-0.25, -0.2) is 0 Å². The molecule has 0 heterocycles. The van der Waals surface area contributed by atoms with Gasteiger partial charge in [0.1, 0.15) is 0 Å². The van der Waals surface area contributed by atoms with E-state index in [2.05, 4.69) is 12.1 Å². The van der Waals surface area contributed by atoms with Crippen LogP contribution < -0.4 is 5.73 Å². The third-order valence-electron chi connectivity index (χ3n) is 2.22. The van der Waals surface area contributed by atoms with Crippen LogP contribution in [0.3, 0.4) is 0 Å². The number of allylic oxidation sites excluding steroid dienone is 2. The van der Waals surface area contributed by atoms with Crippen LogP contribution in [0.25, 0.3) is 5.57 Å². The van der Waals surface area contributed by atoms with E-state index in [0.717, 1.165) is 10.4 Å². The third-order valence-corrected chi connectivity index (χ3v) is 2.61. The highest BCUT2D eigenvalue weighted by atomic mass is 32.1. The van der Waals surface area contributed by atoms with Gasteiger partial charge in [0.2, 0.25) is 0 Å². The Labute approximate surface area is 88.9 Å². The van der Waals surface area contributed by atoms with Crippen LogP contribution in [-0.2, 0) is 0 Å². The summed E-state index contributed by atoms with van der Waals surface area (Å²) >= 11 is 5.15. The first-order valence-electron chi connectivity index (χ1n) is 4.52. The summed E-state index contributed by atoms with van der Waals surface area (Å²) in [5, 5.41) is 0. The quantitative estimate of drug-likeness (QED) is 0.706. The van der Waals surface area contributed by atoms with Crippen LogP contribution in [0.4, 0.5) is 0 Å². The molecule has 2 heteroatoms. The van der Waals surface area contributed by atoms with Gasteiger partial charge in [0, 0.05) is 4.86 Å². The van der Waals surface area contributed by atoms with Crippen molar-refractivity contribution in [1.29, 1.82) is 0 Å². The second-order valence-corrected chi connectivity index (χ2v) is 3.72. The van der Waals surface area contributed by atoms with E-state index >= 15 is 0 Å². The Bertz CT molecular complexity index is 404. The number of benzene rings is 1. The van der Waals surface area contributed by atoms with E-state index in [1.165, 1.54) is 5.56 Å². The lowest BCUT2D eigenvalue weighted by molar-refractivity contribution is 1.10. The average Bonchev–Trinajstić information content (AvgIpc) is 2.23. The van der Waals surface area contributed by atoms with Crippen LogP contribution in [0, 0.1) is 0 Å². The van der Waals surface area contributed by atoms with E-state index < -0.39 is 0 Å². The van der Waals surface area contributed by atoms with Crippen molar-refractivity contribution in [3.8, 4) is 0 Å². The van der Waals surface area contributed by atoms with E-state index in [1.807, 2.05) is 36.4 Å². The number of nitrogens with two attached hydrogens (primary N) is 1. The second kappa shape index (κ2) is 3.86. The fraction of sp³-hybridized carbons (Fsp3) is 0.0833. The molecule has 0 amide bonds. The Balaban J connectivity index is 2.34. The monoisotopic (exact) mass is 201 g/mol. The fourth-order valence-electron chi connectivity index (χ4n) is 1.41. The minimum Gasteiger partial charge on any atom is -0.320 e. The molecular formula is C12H11NS. The van der Waals surface area contributed by atoms with Gasteiger partial charge < -0.3 is 5.73 Å². The van der Waals surface area contributed by atoms with Crippen LogP contribution in [0.5, 0.6) is 0 Å². The largest absolute Gasteiger partial charge is 0.320 e. The van der Waals surface area contributed by atoms with Crippen molar-refractivity contribution >= 4 is 22.7 Å². The van der Waals surface area contributed by atoms with E-state index in [-0.39, 0.29) is 6.04 Å². The molecule has 1 aliphatic rings. The maximum atomic E-state index is 5.75. The molecule has 1 aliphatic carbocycles. The molecule has 1 unspecified atom stereocenters. The lowest BCUT2D eigenvalue weighted by atomic mass is 9.97. The summed E-state index contributed by atoms with van der Waals surface area (Å²) < 4.78 is 0. The summed E-state index contributed by atoms with van der Waals surface area (Å²) in [6.07, 6.45) is 5.93. The molecular weight excluding hydrogens is 190 g/mol. The number of hydrogen-bond donors (Lipinski definition) is 1. The van der Waals surface area contributed by atoms with E-state index in [4.69, 9.17) is 18.0 Å². The Morgan fingerprint density at radius 2 is 1.86 bits per heavy atom. The summed E-state index contributed by atoms with van der Waals surface area (Å²) in [6.45, 7) is 0. The molecule has 1 atom stereocenters. The molecule has 0 radical (unpaired) electrons. The normalized spacial score (nSPS) is 20.8. The first kappa shape index (κ1) is 9.31. The summed E-state index contributed by atoms with van der Waals surface area (Å²) in [5.74, 6) is 0. The fourth-order valence-corrected chi connectivity index (χ4v) is 1.62. The minimum absolute atomic E-state index is 0.0996. The molecule has 0 bridgehead atoms. The van der Waals surface area contributed by atoms with Crippen molar-refractivity contribution < 1.29 is 0 Å². The molecule has 1 aromatic carbocycles. The lowest BCUT2D eigenvalue weighted by Gasteiger charge is -2.13. The van der Waals surface area contributed by atoms with E-state index in [1.54, 1.807) is 0 Å². The zero-order chi connectivity index (χ0) is 9.97. The van der Waals surface area contributed by atoms with Crippen molar-refractivity contribution in [3.05, 3.63) is 54.1 Å². The number of thiocarbonyl (C=S) groups is 1. The topological polar surface area (TPSA) is 26.0 Å². The van der Waals surface area contributed by atoms with Gasteiger partial charge in [-0.1, -0.05) is 54.7 Å². The molecule has 0 spiro atoms. The highest BCUT2D eigenvalue weighted by Gasteiger charge is 2.09. The van der Waals surface area contributed by atoms with Gasteiger partial charge in [0.05, 0.1) is 6.04 Å². The molecule has 1 nitrogen and oxygen atoms in total. The Morgan fingerprint density at radius 1 is 1.14 bits per heavy atom. The van der Waals surface area contributed by atoms with Crippen LogP contribution >= 0.6 is 12.2 Å². The maximum absolute atomic E-state index is 5.75. The van der Waals surface area contributed by atoms with Crippen molar-refractivity contribution in [1.82, 2.24) is 0 Å². The molecule has 1 aromatic rings. The van der Waals surface area contributed by atoms with Crippen molar-refractivity contribution in [3.63, 3.8) is 0 Å². The first-order chi connectivity index (χ1) is 6.77. The molecule has 70 valence electrons. The van der Waals surface area contributed by atoms with Gasteiger partial charge in [-0.05, 0) is 17.2 Å². The van der Waals surface area contributed by atoms with Crippen molar-refractivity contribution in [2.75, 3.05) is 0 Å². The molecule has 0 fully saturated rings. The Hall–Kier alpha value is -1.25. The highest BCUT2D eigenvalue weighted by molar-refractivity contribution is 7.81. The summed E-state index contributed by atoms with van der Waals surface area (Å²) in [4.78, 5) is 0.798. The van der Waals surface area contributed by atoms with Gasteiger partial charge in [-0.15, -0.1) is 0 Å². The zero-order valence-corrected chi connectivity index (χ0v) is 8.50. The van der Waals surface area contributed by atoms with Crippen LogP contribution in [0.2, 0.25) is 0 Å². The molecule has 2 rings (SSSR count). The van der Waals surface area contributed by atoms with Gasteiger partial charge >= 0.3 is 0 Å². The summed E-state index contributed by atoms with van der Waals surface area (Å²) in [7, 11) is 0. The van der Waals surface area contributed by atoms with Crippen molar-refractivity contribution in [2.45, 2.75) is 6.04 Å². The zero-order valence-electron chi connectivity index (χ0n) is 7.68. The van der Waals surface area contributed by atoms with Gasteiger partial charge in [-0.3, -0.25) is 0 Å². The molecule has 14 heavy (non-hydrogen) atoms. The number of hydrogen-bond acceptors (Lipinski definition) is 2. The molecule has 2 N–H and O–H groups in total. The first-order valence-corrected chi connectivity index (χ1v) is 4.93. The van der Waals surface area contributed by atoms with Crippen LogP contribution in [0.1, 0.15) is 5.56 Å². The smallest absolute Gasteiger partial charge is 0.0587 e. The van der Waals surface area contributed by atoms with E-state index in [0.29, 0.717) is 0 Å². The third kappa shape index (κ3) is 1.81. The van der Waals surface area contributed by atoms with E-state index in [9.17, 15) is 0 Å². The predicted octanol–water partition coefficient (Wildman–Crippen LogP) is 2.34. The Morgan fingerprint density at radius 3 is 2.50 bits per heavy atom.